The Labute approximate surface area is 100 Å². The molecule has 3 nitrogen and oxygen atoms in total. The fourth-order valence-corrected chi connectivity index (χ4v) is 1.88. The number of anilines is 1. The molecule has 0 saturated carbocycles. The first-order valence-corrected chi connectivity index (χ1v) is 5.90. The van der Waals surface area contributed by atoms with Gasteiger partial charge in [-0.25, -0.2) is 0 Å². The molecular weight excluding hydrogens is 263 g/mol. The van der Waals surface area contributed by atoms with Gasteiger partial charge in [0, 0.05) is 5.88 Å². The van der Waals surface area contributed by atoms with Gasteiger partial charge in [-0.3, -0.25) is 0 Å². The minimum atomic E-state index is -4.44. The van der Waals surface area contributed by atoms with E-state index in [2.05, 4.69) is 15.5 Å². The Bertz CT molecular complexity index is 349. The Hall–Kier alpha value is -0.560. The van der Waals surface area contributed by atoms with Crippen LogP contribution in [0.3, 0.4) is 0 Å². The van der Waals surface area contributed by atoms with Crippen molar-refractivity contribution in [3.8, 4) is 0 Å². The van der Waals surface area contributed by atoms with E-state index in [0.29, 0.717) is 17.8 Å². The summed E-state index contributed by atoms with van der Waals surface area (Å²) >= 11 is 6.21. The molecule has 8 heteroatoms. The van der Waals surface area contributed by atoms with Crippen LogP contribution >= 0.6 is 22.9 Å². The largest absolute Gasteiger partial charge is 0.445 e. The monoisotopic (exact) mass is 273 g/mol. The van der Waals surface area contributed by atoms with Crippen LogP contribution in [0.5, 0.6) is 0 Å². The van der Waals surface area contributed by atoms with Gasteiger partial charge in [0.15, 0.2) is 0 Å². The molecule has 1 aromatic heterocycles. The molecule has 0 saturated heterocycles. The van der Waals surface area contributed by atoms with E-state index in [1.54, 1.807) is 0 Å². The maximum absolute atomic E-state index is 12.3. The van der Waals surface area contributed by atoms with Crippen LogP contribution in [-0.2, 0) is 6.18 Å². The van der Waals surface area contributed by atoms with Gasteiger partial charge in [0.2, 0.25) is 10.1 Å². The Kier molecular flexibility index (Phi) is 4.01. The van der Waals surface area contributed by atoms with Crippen LogP contribution in [0.1, 0.15) is 25.3 Å². The zero-order valence-electron chi connectivity index (χ0n) is 8.73. The molecule has 92 valence electrons. The van der Waals surface area contributed by atoms with Crippen molar-refractivity contribution in [1.29, 1.82) is 0 Å². The van der Waals surface area contributed by atoms with Gasteiger partial charge in [0.25, 0.3) is 0 Å². The predicted molar refractivity (Wildman–Crippen MR) is 57.9 cm³/mol. The first-order valence-electron chi connectivity index (χ1n) is 4.55. The quantitative estimate of drug-likeness (QED) is 0.855. The molecule has 1 unspecified atom stereocenters. The highest BCUT2D eigenvalue weighted by Gasteiger charge is 2.36. The molecule has 0 aliphatic heterocycles. The van der Waals surface area contributed by atoms with Gasteiger partial charge >= 0.3 is 6.18 Å². The van der Waals surface area contributed by atoms with Gasteiger partial charge in [-0.05, 0) is 13.3 Å². The standard InChI is InChI=1S/C8H11ClF3N3S/c1-3-7(2,4-9)13-6-15-14-5(16-6)8(10,11)12/h3-4H2,1-2H3,(H,13,15). The van der Waals surface area contributed by atoms with E-state index in [1.807, 2.05) is 13.8 Å². The highest BCUT2D eigenvalue weighted by atomic mass is 35.5. The van der Waals surface area contributed by atoms with Crippen molar-refractivity contribution >= 4 is 28.1 Å². The van der Waals surface area contributed by atoms with E-state index < -0.39 is 16.7 Å². The van der Waals surface area contributed by atoms with Crippen molar-refractivity contribution < 1.29 is 13.2 Å². The molecule has 16 heavy (non-hydrogen) atoms. The first kappa shape index (κ1) is 13.5. The molecule has 1 N–H and O–H groups in total. The lowest BCUT2D eigenvalue weighted by Gasteiger charge is -2.26. The molecule has 0 fully saturated rings. The Morgan fingerprint density at radius 1 is 1.38 bits per heavy atom. The molecule has 0 aromatic carbocycles. The first-order chi connectivity index (χ1) is 7.30. The lowest BCUT2D eigenvalue weighted by atomic mass is 10.0. The third-order valence-electron chi connectivity index (χ3n) is 2.15. The van der Waals surface area contributed by atoms with Crippen LogP contribution in [0.25, 0.3) is 0 Å². The highest BCUT2D eigenvalue weighted by Crippen LogP contribution is 2.34. The predicted octanol–water partition coefficient (Wildman–Crippen LogP) is 3.38. The van der Waals surface area contributed by atoms with Crippen molar-refractivity contribution in [1.82, 2.24) is 10.2 Å². The van der Waals surface area contributed by atoms with Crippen LogP contribution < -0.4 is 5.32 Å². The van der Waals surface area contributed by atoms with Crippen molar-refractivity contribution in [2.24, 2.45) is 0 Å². The number of nitrogens with zero attached hydrogens (tertiary/aromatic N) is 2. The van der Waals surface area contributed by atoms with Crippen LogP contribution in [0.4, 0.5) is 18.3 Å². The zero-order valence-corrected chi connectivity index (χ0v) is 10.3. The molecule has 0 aliphatic rings. The van der Waals surface area contributed by atoms with E-state index in [0.717, 1.165) is 0 Å². The van der Waals surface area contributed by atoms with Crippen LogP contribution in [0, 0.1) is 0 Å². The summed E-state index contributed by atoms with van der Waals surface area (Å²) in [6.07, 6.45) is -3.77. The topological polar surface area (TPSA) is 37.8 Å². The van der Waals surface area contributed by atoms with Crippen molar-refractivity contribution in [3.63, 3.8) is 0 Å². The van der Waals surface area contributed by atoms with Gasteiger partial charge in [-0.15, -0.1) is 21.8 Å². The molecule has 0 aliphatic carbocycles. The summed E-state index contributed by atoms with van der Waals surface area (Å²) in [6.45, 7) is 3.70. The number of hydrogen-bond donors (Lipinski definition) is 1. The summed E-state index contributed by atoms with van der Waals surface area (Å²) in [7, 11) is 0. The van der Waals surface area contributed by atoms with Gasteiger partial charge in [-0.2, -0.15) is 13.2 Å². The van der Waals surface area contributed by atoms with E-state index in [1.165, 1.54) is 0 Å². The number of halogens is 4. The number of nitrogens with one attached hydrogen (secondary N) is 1. The minimum absolute atomic E-state index is 0.136. The molecule has 0 spiro atoms. The lowest BCUT2D eigenvalue weighted by molar-refractivity contribution is -0.138. The highest BCUT2D eigenvalue weighted by molar-refractivity contribution is 7.15. The van der Waals surface area contributed by atoms with Gasteiger partial charge in [0.1, 0.15) is 0 Å². The summed E-state index contributed by atoms with van der Waals surface area (Å²) in [5.41, 5.74) is -0.468. The number of aromatic nitrogens is 2. The average Bonchev–Trinajstić information content (AvgIpc) is 2.65. The smallest absolute Gasteiger partial charge is 0.354 e. The zero-order chi connectivity index (χ0) is 12.4. The van der Waals surface area contributed by atoms with E-state index in [9.17, 15) is 13.2 Å². The minimum Gasteiger partial charge on any atom is -0.354 e. The average molecular weight is 274 g/mol. The summed E-state index contributed by atoms with van der Waals surface area (Å²) < 4.78 is 36.8. The molecular formula is C8H11ClF3N3S. The Morgan fingerprint density at radius 2 is 2.00 bits per heavy atom. The number of hydrogen-bond acceptors (Lipinski definition) is 4. The van der Waals surface area contributed by atoms with Crippen molar-refractivity contribution in [2.75, 3.05) is 11.2 Å². The normalized spacial score (nSPS) is 15.9. The maximum atomic E-state index is 12.3. The van der Waals surface area contributed by atoms with Crippen LogP contribution in [0.2, 0.25) is 0 Å². The van der Waals surface area contributed by atoms with E-state index in [-0.39, 0.29) is 11.0 Å². The van der Waals surface area contributed by atoms with E-state index >= 15 is 0 Å². The number of rotatable bonds is 4. The van der Waals surface area contributed by atoms with Gasteiger partial charge in [-0.1, -0.05) is 18.3 Å². The fourth-order valence-electron chi connectivity index (χ4n) is 0.863. The van der Waals surface area contributed by atoms with Crippen molar-refractivity contribution in [3.05, 3.63) is 5.01 Å². The van der Waals surface area contributed by atoms with Gasteiger partial charge in [0.05, 0.1) is 5.54 Å². The third-order valence-corrected chi connectivity index (χ3v) is 3.62. The Balaban J connectivity index is 2.80. The van der Waals surface area contributed by atoms with Crippen molar-refractivity contribution in [2.45, 2.75) is 32.0 Å². The third kappa shape index (κ3) is 3.21. The summed E-state index contributed by atoms with van der Waals surface area (Å²) in [4.78, 5) is 0. The molecule has 1 atom stereocenters. The second-order valence-corrected chi connectivity index (χ2v) is 4.83. The van der Waals surface area contributed by atoms with Crippen LogP contribution in [-0.4, -0.2) is 21.6 Å². The maximum Gasteiger partial charge on any atom is 0.445 e. The molecule has 0 radical (unpaired) electrons. The lowest BCUT2D eigenvalue weighted by Crippen LogP contribution is -2.35. The molecule has 0 amide bonds. The fraction of sp³-hybridized carbons (Fsp3) is 0.750. The van der Waals surface area contributed by atoms with E-state index in [4.69, 9.17) is 11.6 Å². The molecule has 1 heterocycles. The molecule has 0 bridgehead atoms. The summed E-state index contributed by atoms with van der Waals surface area (Å²) in [6, 6.07) is 0. The molecule has 1 rings (SSSR count). The van der Waals surface area contributed by atoms with Gasteiger partial charge < -0.3 is 5.32 Å². The van der Waals surface area contributed by atoms with Crippen LogP contribution in [0.15, 0.2) is 0 Å². The molecule has 1 aromatic rings. The summed E-state index contributed by atoms with van der Waals surface area (Å²) in [5, 5.41) is 8.56. The Morgan fingerprint density at radius 3 is 2.38 bits per heavy atom. The second-order valence-electron chi connectivity index (χ2n) is 3.58. The SMILES string of the molecule is CCC(C)(CCl)Nc1nnc(C(F)(F)F)s1. The second kappa shape index (κ2) is 4.75. The number of alkyl halides is 4. The summed E-state index contributed by atoms with van der Waals surface area (Å²) in [5.74, 6) is 0.282.